The zero-order valence-corrected chi connectivity index (χ0v) is 15.0. The number of sulfonamides is 1. The molecule has 0 spiro atoms. The largest absolute Gasteiger partial charge is 0.299 e. The van der Waals surface area contributed by atoms with Crippen LogP contribution in [0.15, 0.2) is 70.5 Å². The highest BCUT2D eigenvalue weighted by molar-refractivity contribution is 9.10. The first-order chi connectivity index (χ1) is 11.4. The number of halogens is 1. The number of nitrogens with one attached hydrogen (secondary N) is 3. The van der Waals surface area contributed by atoms with Gasteiger partial charge in [-0.3, -0.25) is 15.6 Å². The monoisotopic (exact) mass is 409 g/mol. The van der Waals surface area contributed by atoms with Crippen LogP contribution in [0.2, 0.25) is 0 Å². The van der Waals surface area contributed by atoms with Crippen molar-refractivity contribution in [3.05, 3.63) is 71.2 Å². The molecule has 3 N–H and O–H groups in total. The highest BCUT2D eigenvalue weighted by atomic mass is 79.9. The molecule has 2 aromatic carbocycles. The molecule has 0 radical (unpaired) electrons. The summed E-state index contributed by atoms with van der Waals surface area (Å²) in [6.45, 7) is 3.41. The quantitative estimate of drug-likeness (QED) is 0.610. The van der Waals surface area contributed by atoms with Crippen molar-refractivity contribution in [2.24, 2.45) is 0 Å². The van der Waals surface area contributed by atoms with E-state index in [1.165, 1.54) is 12.1 Å². The normalized spacial score (nSPS) is 10.9. The van der Waals surface area contributed by atoms with Crippen molar-refractivity contribution in [2.75, 3.05) is 6.54 Å². The van der Waals surface area contributed by atoms with E-state index in [-0.39, 0.29) is 4.90 Å². The van der Waals surface area contributed by atoms with E-state index in [2.05, 4.69) is 38.1 Å². The van der Waals surface area contributed by atoms with Crippen LogP contribution >= 0.6 is 15.9 Å². The molecule has 6 nitrogen and oxygen atoms in total. The number of hydrogen-bond acceptors (Lipinski definition) is 4. The first kappa shape index (κ1) is 18.2. The molecule has 0 heterocycles. The van der Waals surface area contributed by atoms with Crippen LogP contribution in [0.5, 0.6) is 0 Å². The van der Waals surface area contributed by atoms with Crippen LogP contribution in [0.4, 0.5) is 0 Å². The van der Waals surface area contributed by atoms with Gasteiger partial charge in [-0.1, -0.05) is 52.8 Å². The highest BCUT2D eigenvalue weighted by Gasteiger charge is 2.14. The Kier molecular flexibility index (Phi) is 6.13. The Labute approximate surface area is 149 Å². The lowest BCUT2D eigenvalue weighted by Crippen LogP contribution is -2.42. The van der Waals surface area contributed by atoms with Gasteiger partial charge in [0.15, 0.2) is 0 Å². The van der Waals surface area contributed by atoms with Gasteiger partial charge in [0.1, 0.15) is 0 Å². The van der Waals surface area contributed by atoms with Crippen LogP contribution in [-0.4, -0.2) is 20.9 Å². The molecule has 0 aliphatic carbocycles. The Bertz CT molecular complexity index is 821. The summed E-state index contributed by atoms with van der Waals surface area (Å²) in [5.74, 6) is -0.534. The predicted octanol–water partition coefficient (Wildman–Crippen LogP) is 2.02. The van der Waals surface area contributed by atoms with Gasteiger partial charge in [0, 0.05) is 4.47 Å². The molecular formula is C16H16BrN3O3S. The molecule has 0 saturated carbocycles. The smallest absolute Gasteiger partial charge is 0.253 e. The molecule has 2 aromatic rings. The molecule has 0 atom stereocenters. The summed E-state index contributed by atoms with van der Waals surface area (Å²) < 4.78 is 27.1. The standard InChI is InChI=1S/C16H16BrN3O3S/c1-12(13-7-9-14(17)10-8-13)19-20-16(21)11-18-24(22,23)15-5-3-2-4-6-15/h2-10,18-19H,1,11H2,(H,20,21). The number of rotatable bonds is 7. The fraction of sp³-hybridized carbons (Fsp3) is 0.0625. The zero-order chi connectivity index (χ0) is 17.6. The maximum atomic E-state index is 12.0. The van der Waals surface area contributed by atoms with Crippen LogP contribution in [0.1, 0.15) is 5.56 Å². The average Bonchev–Trinajstić information content (AvgIpc) is 2.59. The molecule has 1 amide bonds. The van der Waals surface area contributed by atoms with E-state index in [0.717, 1.165) is 10.0 Å². The van der Waals surface area contributed by atoms with Crippen molar-refractivity contribution in [1.82, 2.24) is 15.6 Å². The van der Waals surface area contributed by atoms with E-state index in [9.17, 15) is 13.2 Å². The molecule has 0 aliphatic heterocycles. The molecule has 0 unspecified atom stereocenters. The Morgan fingerprint density at radius 2 is 1.62 bits per heavy atom. The summed E-state index contributed by atoms with van der Waals surface area (Å²) in [5.41, 5.74) is 6.33. The Morgan fingerprint density at radius 3 is 2.25 bits per heavy atom. The zero-order valence-electron chi connectivity index (χ0n) is 12.6. The van der Waals surface area contributed by atoms with Crippen LogP contribution in [0, 0.1) is 0 Å². The number of carbonyl (C=O) groups is 1. The summed E-state index contributed by atoms with van der Waals surface area (Å²) in [4.78, 5) is 11.9. The first-order valence-corrected chi connectivity index (χ1v) is 9.20. The molecule has 24 heavy (non-hydrogen) atoms. The second-order valence-electron chi connectivity index (χ2n) is 4.80. The molecular weight excluding hydrogens is 394 g/mol. The van der Waals surface area contributed by atoms with Gasteiger partial charge in [-0.2, -0.15) is 0 Å². The van der Waals surface area contributed by atoms with Crippen LogP contribution in [-0.2, 0) is 14.8 Å². The van der Waals surface area contributed by atoms with Crippen molar-refractivity contribution in [1.29, 1.82) is 0 Å². The molecule has 126 valence electrons. The Hall–Kier alpha value is -2.16. The SMILES string of the molecule is C=C(NNC(=O)CNS(=O)(=O)c1ccccc1)c1ccc(Br)cc1. The number of hydrazine groups is 1. The summed E-state index contributed by atoms with van der Waals surface area (Å²) >= 11 is 3.33. The van der Waals surface area contributed by atoms with Gasteiger partial charge in [0.25, 0.3) is 5.91 Å². The minimum absolute atomic E-state index is 0.102. The Morgan fingerprint density at radius 1 is 1.00 bits per heavy atom. The van der Waals surface area contributed by atoms with Crippen LogP contribution in [0.3, 0.4) is 0 Å². The van der Waals surface area contributed by atoms with E-state index in [4.69, 9.17) is 0 Å². The number of amides is 1. The maximum Gasteiger partial charge on any atom is 0.253 e. The van der Waals surface area contributed by atoms with Crippen molar-refractivity contribution >= 4 is 37.6 Å². The van der Waals surface area contributed by atoms with E-state index in [0.29, 0.717) is 5.70 Å². The second kappa shape index (κ2) is 8.09. The predicted molar refractivity (Wildman–Crippen MR) is 96.1 cm³/mol. The lowest BCUT2D eigenvalue weighted by molar-refractivity contribution is -0.120. The first-order valence-electron chi connectivity index (χ1n) is 6.93. The lowest BCUT2D eigenvalue weighted by Gasteiger charge is -2.12. The number of benzene rings is 2. The summed E-state index contributed by atoms with van der Waals surface area (Å²) in [7, 11) is -3.72. The fourth-order valence-electron chi connectivity index (χ4n) is 1.76. The van der Waals surface area contributed by atoms with E-state index < -0.39 is 22.5 Å². The molecule has 0 aliphatic rings. The molecule has 0 bridgehead atoms. The van der Waals surface area contributed by atoms with Gasteiger partial charge in [0.2, 0.25) is 10.0 Å². The number of carbonyl (C=O) groups excluding carboxylic acids is 1. The van der Waals surface area contributed by atoms with Crippen LogP contribution in [0.25, 0.3) is 5.70 Å². The van der Waals surface area contributed by atoms with E-state index in [1.807, 2.05) is 24.3 Å². The van der Waals surface area contributed by atoms with Gasteiger partial charge in [0.05, 0.1) is 17.1 Å². The van der Waals surface area contributed by atoms with Gasteiger partial charge >= 0.3 is 0 Å². The second-order valence-corrected chi connectivity index (χ2v) is 7.48. The minimum atomic E-state index is -3.72. The molecule has 0 saturated heterocycles. The third-order valence-corrected chi connectivity index (χ3v) is 4.97. The Balaban J connectivity index is 1.83. The highest BCUT2D eigenvalue weighted by Crippen LogP contribution is 2.14. The molecule has 0 fully saturated rings. The molecule has 8 heteroatoms. The van der Waals surface area contributed by atoms with Crippen molar-refractivity contribution in [2.45, 2.75) is 4.90 Å². The van der Waals surface area contributed by atoms with Crippen LogP contribution < -0.4 is 15.6 Å². The van der Waals surface area contributed by atoms with E-state index in [1.54, 1.807) is 18.2 Å². The van der Waals surface area contributed by atoms with Crippen molar-refractivity contribution in [3.63, 3.8) is 0 Å². The molecule has 2 rings (SSSR count). The topological polar surface area (TPSA) is 87.3 Å². The summed E-state index contributed by atoms with van der Waals surface area (Å²) in [5, 5.41) is 0. The van der Waals surface area contributed by atoms with Crippen molar-refractivity contribution < 1.29 is 13.2 Å². The van der Waals surface area contributed by atoms with E-state index >= 15 is 0 Å². The summed E-state index contributed by atoms with van der Waals surface area (Å²) in [6.07, 6.45) is 0. The van der Waals surface area contributed by atoms with Crippen molar-refractivity contribution in [3.8, 4) is 0 Å². The lowest BCUT2D eigenvalue weighted by atomic mass is 10.2. The van der Waals surface area contributed by atoms with Gasteiger partial charge < -0.3 is 0 Å². The third-order valence-electron chi connectivity index (χ3n) is 3.02. The third kappa shape index (κ3) is 5.19. The van der Waals surface area contributed by atoms with Gasteiger partial charge in [-0.15, -0.1) is 0 Å². The maximum absolute atomic E-state index is 12.0. The number of hydrogen-bond donors (Lipinski definition) is 3. The van der Waals surface area contributed by atoms with Gasteiger partial charge in [-0.05, 0) is 29.8 Å². The fourth-order valence-corrected chi connectivity index (χ4v) is 3.02. The molecule has 0 aromatic heterocycles. The summed E-state index contributed by atoms with van der Waals surface area (Å²) in [6, 6.07) is 15.2. The average molecular weight is 410 g/mol. The van der Waals surface area contributed by atoms with Gasteiger partial charge in [-0.25, -0.2) is 13.1 Å². The minimum Gasteiger partial charge on any atom is -0.299 e.